The molecule has 1 saturated heterocycles. The predicted molar refractivity (Wildman–Crippen MR) is 130 cm³/mol. The summed E-state index contributed by atoms with van der Waals surface area (Å²) in [5.74, 6) is -1.70. The van der Waals surface area contributed by atoms with Crippen molar-refractivity contribution in [3.05, 3.63) is 71.0 Å². The first-order valence-corrected chi connectivity index (χ1v) is 12.6. The summed E-state index contributed by atoms with van der Waals surface area (Å²) in [5, 5.41) is 2.89. The summed E-state index contributed by atoms with van der Waals surface area (Å²) in [4.78, 5) is 13.6. The highest BCUT2D eigenvalue weighted by atomic mass is 19.4. The lowest BCUT2D eigenvalue weighted by atomic mass is 9.78. The van der Waals surface area contributed by atoms with Gasteiger partial charge in [0, 0.05) is 18.9 Å². The minimum atomic E-state index is -4.50. The van der Waals surface area contributed by atoms with Crippen molar-refractivity contribution >= 4 is 5.91 Å². The fraction of sp³-hybridized carbons (Fsp3) is 0.536. The van der Waals surface area contributed by atoms with Gasteiger partial charge in [0.25, 0.3) is 5.91 Å². The van der Waals surface area contributed by atoms with Crippen LogP contribution in [0.1, 0.15) is 57.2 Å². The van der Waals surface area contributed by atoms with Crippen LogP contribution in [-0.4, -0.2) is 41.6 Å². The molecule has 2 fully saturated rings. The van der Waals surface area contributed by atoms with Gasteiger partial charge in [-0.05, 0) is 63.1 Å². The van der Waals surface area contributed by atoms with E-state index >= 15 is 0 Å². The molecule has 4 atom stereocenters. The number of ether oxygens (including phenoxy) is 4. The summed E-state index contributed by atoms with van der Waals surface area (Å²) in [7, 11) is 0. The van der Waals surface area contributed by atoms with Crippen molar-refractivity contribution in [2.24, 2.45) is 0 Å². The van der Waals surface area contributed by atoms with E-state index in [-0.39, 0.29) is 43.5 Å². The maximum absolute atomic E-state index is 13.6. The fourth-order valence-corrected chi connectivity index (χ4v) is 4.94. The van der Waals surface area contributed by atoms with E-state index in [2.05, 4.69) is 5.32 Å². The molecule has 4 rings (SSSR count). The Hall–Kier alpha value is -2.53. The normalized spacial score (nSPS) is 26.8. The topological polar surface area (TPSA) is 66.0 Å². The van der Waals surface area contributed by atoms with Crippen LogP contribution in [0.4, 0.5) is 17.6 Å². The van der Waals surface area contributed by atoms with Gasteiger partial charge < -0.3 is 24.3 Å². The molecule has 0 aromatic heterocycles. The van der Waals surface area contributed by atoms with Crippen LogP contribution in [0.3, 0.4) is 0 Å². The number of rotatable bonds is 8. The zero-order valence-electron chi connectivity index (χ0n) is 21.8. The van der Waals surface area contributed by atoms with Crippen LogP contribution in [-0.2, 0) is 43.1 Å². The monoisotopic (exact) mass is 539 g/mol. The average Bonchev–Trinajstić information content (AvgIpc) is 3.15. The van der Waals surface area contributed by atoms with Gasteiger partial charge in [0.1, 0.15) is 11.9 Å². The van der Waals surface area contributed by atoms with Crippen LogP contribution >= 0.6 is 0 Å². The second-order valence-corrected chi connectivity index (χ2v) is 10.6. The molecule has 2 aromatic carbocycles. The first-order chi connectivity index (χ1) is 17.8. The molecule has 1 aliphatic carbocycles. The van der Waals surface area contributed by atoms with Gasteiger partial charge >= 0.3 is 6.18 Å². The second kappa shape index (κ2) is 10.9. The highest BCUT2D eigenvalue weighted by molar-refractivity contribution is 5.85. The van der Waals surface area contributed by atoms with Crippen molar-refractivity contribution < 1.29 is 41.3 Å². The van der Waals surface area contributed by atoms with E-state index in [1.807, 2.05) is 13.8 Å². The van der Waals surface area contributed by atoms with Crippen LogP contribution in [0.2, 0.25) is 0 Å². The number of hydrogen-bond acceptors (Lipinski definition) is 5. The number of nitrogens with one attached hydrogen (secondary N) is 1. The standard InChI is InChI=1S/C28H33F4NO5/c1-17(2)33-25(34)27(36-16-19-6-5-7-20(12-19)28(30,31)32)13-22(24-23(14-27)37-26(3,4)38-24)35-15-18-8-10-21(29)11-9-18/h5-12,17,22-24H,13-16H2,1-4H3,(H,33,34)/t22?,23-,24+,27-/m1/s1. The Morgan fingerprint density at radius 1 is 1.05 bits per heavy atom. The molecule has 1 heterocycles. The van der Waals surface area contributed by atoms with Gasteiger partial charge in [-0.15, -0.1) is 0 Å². The Kier molecular flexibility index (Phi) is 8.18. The Labute approximate surface area is 219 Å². The van der Waals surface area contributed by atoms with Gasteiger partial charge in [-0.1, -0.05) is 24.3 Å². The van der Waals surface area contributed by atoms with Crippen molar-refractivity contribution in [2.45, 2.75) is 95.7 Å². The molecule has 1 aliphatic heterocycles. The van der Waals surface area contributed by atoms with E-state index in [1.165, 1.54) is 24.3 Å². The van der Waals surface area contributed by atoms with E-state index in [0.29, 0.717) is 0 Å². The molecule has 0 bridgehead atoms. The van der Waals surface area contributed by atoms with Crippen molar-refractivity contribution in [3.8, 4) is 0 Å². The van der Waals surface area contributed by atoms with Crippen LogP contribution < -0.4 is 5.32 Å². The van der Waals surface area contributed by atoms with Crippen molar-refractivity contribution in [1.29, 1.82) is 0 Å². The maximum Gasteiger partial charge on any atom is 0.416 e. The van der Waals surface area contributed by atoms with E-state index in [0.717, 1.165) is 17.7 Å². The van der Waals surface area contributed by atoms with Crippen LogP contribution in [0.15, 0.2) is 48.5 Å². The van der Waals surface area contributed by atoms with E-state index in [9.17, 15) is 22.4 Å². The summed E-state index contributed by atoms with van der Waals surface area (Å²) in [5.41, 5.74) is -1.23. The largest absolute Gasteiger partial charge is 0.416 e. The third-order valence-corrected chi connectivity index (χ3v) is 6.63. The first-order valence-electron chi connectivity index (χ1n) is 12.6. The summed E-state index contributed by atoms with van der Waals surface area (Å²) in [6.07, 6.45) is -5.97. The summed E-state index contributed by atoms with van der Waals surface area (Å²) < 4.78 is 77.8. The Balaban J connectivity index is 1.61. The van der Waals surface area contributed by atoms with Crippen molar-refractivity contribution in [3.63, 3.8) is 0 Å². The molecule has 2 aliphatic rings. The number of carbonyl (C=O) groups excluding carboxylic acids is 1. The highest BCUT2D eigenvalue weighted by Crippen LogP contribution is 2.44. The van der Waals surface area contributed by atoms with Gasteiger partial charge in [-0.3, -0.25) is 4.79 Å². The van der Waals surface area contributed by atoms with Gasteiger partial charge in [0.05, 0.1) is 31.0 Å². The number of amides is 1. The summed E-state index contributed by atoms with van der Waals surface area (Å²) in [6.45, 7) is 7.06. The van der Waals surface area contributed by atoms with Gasteiger partial charge in [-0.2, -0.15) is 13.2 Å². The van der Waals surface area contributed by atoms with Crippen LogP contribution in [0.25, 0.3) is 0 Å². The number of alkyl halides is 3. The summed E-state index contributed by atoms with van der Waals surface area (Å²) in [6, 6.07) is 10.5. The lowest BCUT2D eigenvalue weighted by Gasteiger charge is -2.43. The quantitative estimate of drug-likeness (QED) is 0.448. The van der Waals surface area contributed by atoms with Gasteiger partial charge in [-0.25, -0.2) is 4.39 Å². The Bertz CT molecular complexity index is 1120. The molecule has 1 N–H and O–H groups in total. The van der Waals surface area contributed by atoms with E-state index in [1.54, 1.807) is 26.0 Å². The minimum Gasteiger partial charge on any atom is -0.371 e. The zero-order chi connectivity index (χ0) is 27.7. The van der Waals surface area contributed by atoms with Crippen molar-refractivity contribution in [2.75, 3.05) is 0 Å². The lowest BCUT2D eigenvalue weighted by molar-refractivity contribution is -0.184. The second-order valence-electron chi connectivity index (χ2n) is 10.6. The molecule has 2 aromatic rings. The number of benzene rings is 2. The van der Waals surface area contributed by atoms with E-state index in [4.69, 9.17) is 18.9 Å². The fourth-order valence-electron chi connectivity index (χ4n) is 4.94. The molecule has 1 saturated carbocycles. The first kappa shape index (κ1) is 28.5. The lowest BCUT2D eigenvalue weighted by Crippen LogP contribution is -2.60. The van der Waals surface area contributed by atoms with Crippen LogP contribution in [0.5, 0.6) is 0 Å². The molecular weight excluding hydrogens is 506 g/mol. The third-order valence-electron chi connectivity index (χ3n) is 6.63. The molecule has 10 heteroatoms. The minimum absolute atomic E-state index is 0.0896. The third kappa shape index (κ3) is 6.72. The molecule has 208 valence electrons. The molecule has 38 heavy (non-hydrogen) atoms. The smallest absolute Gasteiger partial charge is 0.371 e. The Morgan fingerprint density at radius 3 is 2.42 bits per heavy atom. The molecule has 0 radical (unpaired) electrons. The number of hydrogen-bond donors (Lipinski definition) is 1. The zero-order valence-corrected chi connectivity index (χ0v) is 21.8. The number of fused-ring (bicyclic) bond motifs is 1. The average molecular weight is 540 g/mol. The highest BCUT2D eigenvalue weighted by Gasteiger charge is 2.58. The molecular formula is C28H33F4NO5. The number of carbonyl (C=O) groups is 1. The SMILES string of the molecule is CC(C)NC(=O)[C@@]1(OCc2cccc(C(F)(F)F)c2)CC(OCc2ccc(F)cc2)[C@@H]2OC(C)(C)O[C@@H]2C1. The number of halogens is 4. The predicted octanol–water partition coefficient (Wildman–Crippen LogP) is 5.52. The van der Waals surface area contributed by atoms with Crippen LogP contribution in [0, 0.1) is 5.82 Å². The maximum atomic E-state index is 13.6. The van der Waals surface area contributed by atoms with Crippen molar-refractivity contribution in [1.82, 2.24) is 5.32 Å². The summed E-state index contributed by atoms with van der Waals surface area (Å²) >= 11 is 0. The molecule has 6 nitrogen and oxygen atoms in total. The molecule has 1 amide bonds. The molecule has 1 unspecified atom stereocenters. The molecule has 0 spiro atoms. The Morgan fingerprint density at radius 2 is 1.76 bits per heavy atom. The van der Waals surface area contributed by atoms with Gasteiger partial charge in [0.15, 0.2) is 11.4 Å². The van der Waals surface area contributed by atoms with Gasteiger partial charge in [0.2, 0.25) is 0 Å². The van der Waals surface area contributed by atoms with E-state index < -0.39 is 47.3 Å².